The fourth-order valence-electron chi connectivity index (χ4n) is 2.80. The number of hydrogen-bond donors (Lipinski definition) is 2. The van der Waals surface area contributed by atoms with Crippen molar-refractivity contribution in [3.05, 3.63) is 35.6 Å². The first-order chi connectivity index (χ1) is 11.0. The highest BCUT2D eigenvalue weighted by Crippen LogP contribution is 2.08. The lowest BCUT2D eigenvalue weighted by atomic mass is 10.2. The minimum atomic E-state index is -0.579. The molecule has 0 radical (unpaired) electrons. The Morgan fingerprint density at radius 3 is 2.30 bits per heavy atom. The van der Waals surface area contributed by atoms with E-state index in [-0.39, 0.29) is 25.1 Å². The van der Waals surface area contributed by atoms with Crippen molar-refractivity contribution >= 4 is 0 Å². The predicted molar refractivity (Wildman–Crippen MR) is 86.6 cm³/mol. The molecule has 0 aliphatic carbocycles. The topological polar surface area (TPSA) is 56.2 Å². The molecule has 23 heavy (non-hydrogen) atoms. The van der Waals surface area contributed by atoms with E-state index in [9.17, 15) is 14.6 Å². The van der Waals surface area contributed by atoms with Gasteiger partial charge in [-0.1, -0.05) is 18.2 Å². The van der Waals surface area contributed by atoms with Crippen LogP contribution in [0.4, 0.5) is 4.39 Å². The first-order valence-electron chi connectivity index (χ1n) is 8.16. The summed E-state index contributed by atoms with van der Waals surface area (Å²) >= 11 is 0. The molecule has 1 fully saturated rings. The molecular formula is C17H27FN2O3. The Labute approximate surface area is 137 Å². The molecule has 0 bridgehead atoms. The lowest BCUT2D eigenvalue weighted by Crippen LogP contribution is -2.50. The van der Waals surface area contributed by atoms with Crippen molar-refractivity contribution in [3.8, 4) is 0 Å². The quantitative estimate of drug-likeness (QED) is 0.737. The summed E-state index contributed by atoms with van der Waals surface area (Å²) in [4.78, 5) is 4.41. The SMILES string of the molecule is C[C@@H](O)CN1CCN(C[C@H](O)COCc2ccccc2F)CC1. The maximum Gasteiger partial charge on any atom is 0.128 e. The third-order valence-electron chi connectivity index (χ3n) is 3.98. The lowest BCUT2D eigenvalue weighted by Gasteiger charge is -2.36. The molecule has 6 heteroatoms. The van der Waals surface area contributed by atoms with Gasteiger partial charge in [0, 0.05) is 44.8 Å². The monoisotopic (exact) mass is 326 g/mol. The Kier molecular flexibility index (Phi) is 7.39. The van der Waals surface area contributed by atoms with Crippen LogP contribution in [0.3, 0.4) is 0 Å². The van der Waals surface area contributed by atoms with Crippen molar-refractivity contribution in [1.29, 1.82) is 0 Å². The summed E-state index contributed by atoms with van der Waals surface area (Å²) in [7, 11) is 0. The number of aliphatic hydroxyl groups is 2. The molecule has 1 aliphatic heterocycles. The van der Waals surface area contributed by atoms with E-state index in [0.717, 1.165) is 26.2 Å². The first-order valence-corrected chi connectivity index (χ1v) is 8.16. The van der Waals surface area contributed by atoms with E-state index in [2.05, 4.69) is 9.80 Å². The van der Waals surface area contributed by atoms with Crippen LogP contribution in [0.25, 0.3) is 0 Å². The van der Waals surface area contributed by atoms with Crippen LogP contribution in [0.1, 0.15) is 12.5 Å². The van der Waals surface area contributed by atoms with E-state index >= 15 is 0 Å². The van der Waals surface area contributed by atoms with Crippen molar-refractivity contribution in [1.82, 2.24) is 9.80 Å². The smallest absolute Gasteiger partial charge is 0.128 e. The molecule has 130 valence electrons. The van der Waals surface area contributed by atoms with Gasteiger partial charge in [-0.25, -0.2) is 4.39 Å². The zero-order valence-electron chi connectivity index (χ0n) is 13.7. The molecule has 0 amide bonds. The van der Waals surface area contributed by atoms with Gasteiger partial charge in [-0.2, -0.15) is 0 Å². The number of aliphatic hydroxyl groups excluding tert-OH is 2. The van der Waals surface area contributed by atoms with Crippen LogP contribution >= 0.6 is 0 Å². The average Bonchev–Trinajstić information content (AvgIpc) is 2.51. The third-order valence-corrected chi connectivity index (χ3v) is 3.98. The van der Waals surface area contributed by atoms with Gasteiger partial charge in [-0.05, 0) is 13.0 Å². The summed E-state index contributed by atoms with van der Waals surface area (Å²) in [5.74, 6) is -0.281. The van der Waals surface area contributed by atoms with Crippen LogP contribution in [0.2, 0.25) is 0 Å². The molecule has 2 atom stereocenters. The number of benzene rings is 1. The van der Waals surface area contributed by atoms with E-state index in [0.29, 0.717) is 18.7 Å². The summed E-state index contributed by atoms with van der Waals surface area (Å²) in [6.07, 6.45) is -0.885. The zero-order valence-corrected chi connectivity index (χ0v) is 13.7. The second kappa shape index (κ2) is 9.30. The lowest BCUT2D eigenvalue weighted by molar-refractivity contribution is -0.00198. The second-order valence-corrected chi connectivity index (χ2v) is 6.21. The number of piperazine rings is 1. The van der Waals surface area contributed by atoms with E-state index in [1.807, 2.05) is 0 Å². The molecule has 2 N–H and O–H groups in total. The van der Waals surface area contributed by atoms with Crippen molar-refractivity contribution in [2.24, 2.45) is 0 Å². The van der Waals surface area contributed by atoms with Gasteiger partial charge in [0.1, 0.15) is 5.82 Å². The van der Waals surface area contributed by atoms with Crippen LogP contribution < -0.4 is 0 Å². The normalized spacial score (nSPS) is 19.7. The molecule has 1 aliphatic rings. The first kappa shape index (κ1) is 18.3. The van der Waals surface area contributed by atoms with Crippen LogP contribution in [0.5, 0.6) is 0 Å². The van der Waals surface area contributed by atoms with Crippen LogP contribution in [0, 0.1) is 5.82 Å². The highest BCUT2D eigenvalue weighted by Gasteiger charge is 2.20. The molecule has 2 rings (SSSR count). The standard InChI is InChI=1S/C17H27FN2O3/c1-14(21)10-19-6-8-20(9-7-19)11-16(22)13-23-12-15-4-2-3-5-17(15)18/h2-5,14,16,21-22H,6-13H2,1H3/t14-,16+/m1/s1. The van der Waals surface area contributed by atoms with E-state index in [1.165, 1.54) is 6.07 Å². The minimum Gasteiger partial charge on any atom is -0.392 e. The Hall–Kier alpha value is -1.05. The summed E-state index contributed by atoms with van der Waals surface area (Å²) < 4.78 is 18.9. The van der Waals surface area contributed by atoms with Crippen LogP contribution in [-0.4, -0.2) is 78.1 Å². The van der Waals surface area contributed by atoms with Gasteiger partial charge in [0.25, 0.3) is 0 Å². The summed E-state index contributed by atoms with van der Waals surface area (Å²) in [6.45, 7) is 6.95. The average molecular weight is 326 g/mol. The number of nitrogens with zero attached hydrogens (tertiary/aromatic N) is 2. The largest absolute Gasteiger partial charge is 0.392 e. The Morgan fingerprint density at radius 1 is 1.09 bits per heavy atom. The molecule has 0 saturated carbocycles. The van der Waals surface area contributed by atoms with Gasteiger partial charge in [-0.15, -0.1) is 0 Å². The van der Waals surface area contributed by atoms with Crippen molar-refractivity contribution < 1.29 is 19.3 Å². The van der Waals surface area contributed by atoms with Gasteiger partial charge < -0.3 is 14.9 Å². The Bertz CT molecular complexity index is 465. The van der Waals surface area contributed by atoms with Crippen molar-refractivity contribution in [2.75, 3.05) is 45.9 Å². The molecule has 5 nitrogen and oxygen atoms in total. The molecular weight excluding hydrogens is 299 g/mol. The number of halogens is 1. The molecule has 1 aromatic carbocycles. The fourth-order valence-corrected chi connectivity index (χ4v) is 2.80. The molecule has 1 heterocycles. The molecule has 1 aromatic rings. The van der Waals surface area contributed by atoms with Gasteiger partial charge in [-0.3, -0.25) is 9.80 Å². The molecule has 0 unspecified atom stereocenters. The number of hydrogen-bond acceptors (Lipinski definition) is 5. The number of ether oxygens (including phenoxy) is 1. The van der Waals surface area contributed by atoms with Crippen LogP contribution in [-0.2, 0) is 11.3 Å². The Balaban J connectivity index is 1.62. The summed E-state index contributed by atoms with van der Waals surface area (Å²) in [5.41, 5.74) is 0.506. The van der Waals surface area contributed by atoms with E-state index in [1.54, 1.807) is 25.1 Å². The van der Waals surface area contributed by atoms with Gasteiger partial charge in [0.2, 0.25) is 0 Å². The zero-order chi connectivity index (χ0) is 16.7. The minimum absolute atomic E-state index is 0.173. The number of β-amino-alcohol motifs (C(OH)–C–C–N with tert-alkyl or cyclic N) is 2. The van der Waals surface area contributed by atoms with E-state index in [4.69, 9.17) is 4.74 Å². The Morgan fingerprint density at radius 2 is 1.70 bits per heavy atom. The van der Waals surface area contributed by atoms with Gasteiger partial charge in [0.05, 0.1) is 25.4 Å². The highest BCUT2D eigenvalue weighted by atomic mass is 19.1. The van der Waals surface area contributed by atoms with Crippen molar-refractivity contribution in [3.63, 3.8) is 0 Å². The maximum atomic E-state index is 13.4. The fraction of sp³-hybridized carbons (Fsp3) is 0.647. The molecule has 0 aromatic heterocycles. The van der Waals surface area contributed by atoms with Gasteiger partial charge >= 0.3 is 0 Å². The van der Waals surface area contributed by atoms with E-state index < -0.39 is 6.10 Å². The van der Waals surface area contributed by atoms with Crippen LogP contribution in [0.15, 0.2) is 24.3 Å². The predicted octanol–water partition coefficient (Wildman–Crippen LogP) is 0.702. The van der Waals surface area contributed by atoms with Gasteiger partial charge in [0.15, 0.2) is 0 Å². The third kappa shape index (κ3) is 6.53. The maximum absolute atomic E-state index is 13.4. The molecule has 0 spiro atoms. The van der Waals surface area contributed by atoms with Crippen molar-refractivity contribution in [2.45, 2.75) is 25.7 Å². The second-order valence-electron chi connectivity index (χ2n) is 6.21. The summed E-state index contributed by atoms with van der Waals surface area (Å²) in [6, 6.07) is 6.50. The summed E-state index contributed by atoms with van der Waals surface area (Å²) in [5, 5.41) is 19.4. The number of rotatable bonds is 8. The molecule has 1 saturated heterocycles. The highest BCUT2D eigenvalue weighted by molar-refractivity contribution is 5.16.